The number of carbonyl (C=O) groups is 1. The van der Waals surface area contributed by atoms with Gasteiger partial charge in [0, 0.05) is 22.5 Å². The first-order valence-electron chi connectivity index (χ1n) is 5.27. The fraction of sp³-hybridized carbons (Fsp3) is 0.250. The topological polar surface area (TPSA) is 60.2 Å². The zero-order chi connectivity index (χ0) is 12.4. The lowest BCUT2D eigenvalue weighted by Gasteiger charge is -2.12. The standard InChI is InChI=1S/C12H10BrNO3/c13-8-5-6-11(14(16)17)10(7-8)9-3-1-2-4-12(9)15/h3,5-7H,1-2,4H2. The number of nitro groups is 1. The molecule has 0 unspecified atom stereocenters. The zero-order valence-electron chi connectivity index (χ0n) is 8.98. The van der Waals surface area contributed by atoms with Gasteiger partial charge in [-0.1, -0.05) is 22.0 Å². The largest absolute Gasteiger partial charge is 0.294 e. The SMILES string of the molecule is O=C1CCCC=C1c1cc(Br)ccc1[N+](=O)[O-]. The Morgan fingerprint density at radius 1 is 1.35 bits per heavy atom. The quantitative estimate of drug-likeness (QED) is 0.620. The third-order valence-electron chi connectivity index (χ3n) is 2.70. The van der Waals surface area contributed by atoms with Gasteiger partial charge in [0.25, 0.3) is 5.69 Å². The minimum absolute atomic E-state index is 0.0162. The summed E-state index contributed by atoms with van der Waals surface area (Å²) < 4.78 is 0.734. The van der Waals surface area contributed by atoms with Gasteiger partial charge >= 0.3 is 0 Å². The summed E-state index contributed by atoms with van der Waals surface area (Å²) >= 11 is 3.27. The van der Waals surface area contributed by atoms with Crippen molar-refractivity contribution in [2.24, 2.45) is 0 Å². The molecule has 0 saturated carbocycles. The molecular weight excluding hydrogens is 286 g/mol. The molecule has 0 heterocycles. The lowest BCUT2D eigenvalue weighted by molar-refractivity contribution is -0.385. The molecule has 0 bridgehead atoms. The first-order chi connectivity index (χ1) is 8.09. The molecular formula is C12H10BrNO3. The highest BCUT2D eigenvalue weighted by Gasteiger charge is 2.23. The van der Waals surface area contributed by atoms with Crippen LogP contribution in [0.5, 0.6) is 0 Å². The maximum atomic E-state index is 11.8. The van der Waals surface area contributed by atoms with E-state index in [1.54, 1.807) is 18.2 Å². The summed E-state index contributed by atoms with van der Waals surface area (Å²) in [5, 5.41) is 10.9. The molecule has 1 aromatic rings. The van der Waals surface area contributed by atoms with Gasteiger partial charge in [-0.3, -0.25) is 14.9 Å². The number of carbonyl (C=O) groups excluding carboxylic acids is 1. The summed E-state index contributed by atoms with van der Waals surface area (Å²) in [6, 6.07) is 4.66. The number of nitrogens with zero attached hydrogens (tertiary/aromatic N) is 1. The minimum atomic E-state index is -0.454. The van der Waals surface area contributed by atoms with Gasteiger partial charge in [0.05, 0.1) is 10.5 Å². The molecule has 0 spiro atoms. The molecule has 0 amide bonds. The van der Waals surface area contributed by atoms with Crippen LogP contribution in [0.3, 0.4) is 0 Å². The van der Waals surface area contributed by atoms with Crippen LogP contribution in [0.15, 0.2) is 28.7 Å². The van der Waals surface area contributed by atoms with Crippen molar-refractivity contribution in [1.29, 1.82) is 0 Å². The lowest BCUT2D eigenvalue weighted by Crippen LogP contribution is -2.08. The molecule has 0 aromatic heterocycles. The number of hydrogen-bond donors (Lipinski definition) is 0. The summed E-state index contributed by atoms with van der Waals surface area (Å²) in [6.07, 6.45) is 3.88. The van der Waals surface area contributed by atoms with E-state index in [0.717, 1.165) is 17.3 Å². The highest BCUT2D eigenvalue weighted by Crippen LogP contribution is 2.32. The Hall–Kier alpha value is -1.49. The highest BCUT2D eigenvalue weighted by atomic mass is 79.9. The van der Waals surface area contributed by atoms with E-state index in [1.165, 1.54) is 6.07 Å². The molecule has 1 aliphatic rings. The van der Waals surface area contributed by atoms with Crippen LogP contribution in [0.2, 0.25) is 0 Å². The van der Waals surface area contributed by atoms with Crippen molar-refractivity contribution < 1.29 is 9.72 Å². The van der Waals surface area contributed by atoms with E-state index in [2.05, 4.69) is 15.9 Å². The smallest absolute Gasteiger partial charge is 0.277 e. The Kier molecular flexibility index (Phi) is 3.38. The van der Waals surface area contributed by atoms with Crippen molar-refractivity contribution in [1.82, 2.24) is 0 Å². The van der Waals surface area contributed by atoms with Crippen LogP contribution in [0.4, 0.5) is 5.69 Å². The molecule has 4 nitrogen and oxygen atoms in total. The van der Waals surface area contributed by atoms with Gasteiger partial charge in [-0.05, 0) is 25.0 Å². The normalized spacial score (nSPS) is 15.6. The van der Waals surface area contributed by atoms with Crippen molar-refractivity contribution in [3.05, 3.63) is 44.4 Å². The second-order valence-electron chi connectivity index (χ2n) is 3.85. The van der Waals surface area contributed by atoms with E-state index in [1.807, 2.05) is 0 Å². The molecule has 0 aliphatic heterocycles. The van der Waals surface area contributed by atoms with Crippen molar-refractivity contribution in [3.63, 3.8) is 0 Å². The third-order valence-corrected chi connectivity index (χ3v) is 3.20. The highest BCUT2D eigenvalue weighted by molar-refractivity contribution is 9.10. The summed E-state index contributed by atoms with van der Waals surface area (Å²) in [6.45, 7) is 0. The Labute approximate surface area is 107 Å². The molecule has 0 N–H and O–H groups in total. The molecule has 0 fully saturated rings. The predicted molar refractivity (Wildman–Crippen MR) is 67.6 cm³/mol. The maximum Gasteiger partial charge on any atom is 0.277 e. The third kappa shape index (κ3) is 2.44. The Morgan fingerprint density at radius 3 is 2.76 bits per heavy atom. The number of nitro benzene ring substituents is 1. The van der Waals surface area contributed by atoms with Crippen molar-refractivity contribution in [3.8, 4) is 0 Å². The van der Waals surface area contributed by atoms with Crippen LogP contribution in [-0.4, -0.2) is 10.7 Å². The lowest BCUT2D eigenvalue weighted by atomic mass is 9.91. The van der Waals surface area contributed by atoms with E-state index >= 15 is 0 Å². The monoisotopic (exact) mass is 295 g/mol. The van der Waals surface area contributed by atoms with Gasteiger partial charge in [-0.25, -0.2) is 0 Å². The number of hydrogen-bond acceptors (Lipinski definition) is 3. The van der Waals surface area contributed by atoms with Crippen molar-refractivity contribution in [2.75, 3.05) is 0 Å². The van der Waals surface area contributed by atoms with Crippen molar-refractivity contribution in [2.45, 2.75) is 19.3 Å². The molecule has 5 heteroatoms. The molecule has 1 aliphatic carbocycles. The summed E-state index contributed by atoms with van der Waals surface area (Å²) in [7, 11) is 0. The Bertz CT molecular complexity index is 522. The number of allylic oxidation sites excluding steroid dienone is 2. The fourth-order valence-electron chi connectivity index (χ4n) is 1.90. The Balaban J connectivity index is 2.57. The van der Waals surface area contributed by atoms with Gasteiger partial charge in [-0.15, -0.1) is 0 Å². The van der Waals surface area contributed by atoms with E-state index in [9.17, 15) is 14.9 Å². The number of rotatable bonds is 2. The maximum absolute atomic E-state index is 11.8. The predicted octanol–water partition coefficient (Wildman–Crippen LogP) is 3.49. The Morgan fingerprint density at radius 2 is 2.12 bits per heavy atom. The number of Topliss-reactive ketones (excluding diaryl/α,β-unsaturated/α-hetero) is 1. The van der Waals surface area contributed by atoms with Crippen LogP contribution in [0, 0.1) is 10.1 Å². The first-order valence-corrected chi connectivity index (χ1v) is 6.06. The number of ketones is 1. The summed E-state index contributed by atoms with van der Waals surface area (Å²) in [4.78, 5) is 22.3. The fourth-order valence-corrected chi connectivity index (χ4v) is 2.26. The molecule has 17 heavy (non-hydrogen) atoms. The second kappa shape index (κ2) is 4.79. The second-order valence-corrected chi connectivity index (χ2v) is 4.77. The van der Waals surface area contributed by atoms with Gasteiger partial charge in [0.2, 0.25) is 0 Å². The number of benzene rings is 1. The molecule has 0 radical (unpaired) electrons. The van der Waals surface area contributed by atoms with E-state index in [0.29, 0.717) is 17.6 Å². The first kappa shape index (κ1) is 12.0. The van der Waals surface area contributed by atoms with Crippen LogP contribution in [-0.2, 0) is 4.79 Å². The van der Waals surface area contributed by atoms with E-state index < -0.39 is 4.92 Å². The van der Waals surface area contributed by atoms with Gasteiger partial charge in [0.1, 0.15) is 0 Å². The van der Waals surface area contributed by atoms with Crippen LogP contribution in [0.1, 0.15) is 24.8 Å². The minimum Gasteiger partial charge on any atom is -0.294 e. The number of halogens is 1. The summed E-state index contributed by atoms with van der Waals surface area (Å²) in [5.41, 5.74) is 0.869. The van der Waals surface area contributed by atoms with Gasteiger partial charge in [0.15, 0.2) is 5.78 Å². The molecule has 88 valence electrons. The van der Waals surface area contributed by atoms with Crippen LogP contribution in [0.25, 0.3) is 5.57 Å². The summed E-state index contributed by atoms with van der Waals surface area (Å²) in [5.74, 6) is -0.0162. The zero-order valence-corrected chi connectivity index (χ0v) is 10.6. The average Bonchev–Trinajstić information content (AvgIpc) is 2.29. The molecule has 1 aromatic carbocycles. The van der Waals surface area contributed by atoms with E-state index in [-0.39, 0.29) is 11.5 Å². The van der Waals surface area contributed by atoms with E-state index in [4.69, 9.17) is 0 Å². The van der Waals surface area contributed by atoms with Gasteiger partial charge in [-0.2, -0.15) is 0 Å². The van der Waals surface area contributed by atoms with Gasteiger partial charge < -0.3 is 0 Å². The molecule has 2 rings (SSSR count). The van der Waals surface area contributed by atoms with Crippen molar-refractivity contribution >= 4 is 33.0 Å². The average molecular weight is 296 g/mol. The molecule has 0 atom stereocenters. The van der Waals surface area contributed by atoms with Crippen LogP contribution >= 0.6 is 15.9 Å². The molecule has 0 saturated heterocycles. The van der Waals surface area contributed by atoms with Crippen LogP contribution < -0.4 is 0 Å².